The van der Waals surface area contributed by atoms with Crippen LogP contribution in [0, 0.1) is 39.9 Å². The molecule has 5 rings (SSSR count). The smallest absolute Gasteiger partial charge is 0.0911 e. The van der Waals surface area contributed by atoms with Crippen molar-refractivity contribution in [2.45, 2.75) is 52.7 Å². The lowest BCUT2D eigenvalue weighted by Gasteiger charge is -2.42. The molecule has 0 amide bonds. The van der Waals surface area contributed by atoms with Crippen LogP contribution in [-0.4, -0.2) is 12.2 Å². The Kier molecular flexibility index (Phi) is 1.08. The highest BCUT2D eigenvalue weighted by Crippen LogP contribution is 2.96. The number of ether oxygens (including phenoxy) is 1. The number of fused-ring (bicyclic) bond motifs is 3. The summed E-state index contributed by atoms with van der Waals surface area (Å²) in [5.74, 6) is 3.79. The topological polar surface area (TPSA) is 12.5 Å². The molecule has 5 fully saturated rings. The minimum Gasteiger partial charge on any atom is -0.369 e. The normalized spacial score (nSPS) is 75.8. The molecule has 0 aromatic rings. The van der Waals surface area contributed by atoms with Gasteiger partial charge < -0.3 is 4.74 Å². The SMILES string of the molecule is CC1CC[C@H]2C(C)(C)C3C4[C@H]5O[C@H]5C12[C@@]43C. The van der Waals surface area contributed by atoms with Crippen molar-refractivity contribution in [1.29, 1.82) is 0 Å². The maximum Gasteiger partial charge on any atom is 0.0911 e. The lowest BCUT2D eigenvalue weighted by molar-refractivity contribution is 0.000307. The largest absolute Gasteiger partial charge is 0.369 e. The van der Waals surface area contributed by atoms with Crippen LogP contribution in [0.1, 0.15) is 40.5 Å². The van der Waals surface area contributed by atoms with Crippen LogP contribution in [0.2, 0.25) is 0 Å². The molecule has 5 aliphatic rings. The van der Waals surface area contributed by atoms with Crippen molar-refractivity contribution < 1.29 is 4.74 Å². The third-order valence-electron chi connectivity index (χ3n) is 7.85. The molecule has 4 aliphatic carbocycles. The summed E-state index contributed by atoms with van der Waals surface area (Å²) in [5, 5.41) is 0. The maximum atomic E-state index is 6.07. The van der Waals surface area contributed by atoms with Crippen molar-refractivity contribution in [3.05, 3.63) is 0 Å². The second-order valence-corrected chi connectivity index (χ2v) is 8.09. The minimum atomic E-state index is 0.594. The van der Waals surface area contributed by atoms with Gasteiger partial charge in [0.15, 0.2) is 0 Å². The Bertz CT molecular complexity index is 410. The molecule has 1 spiro atoms. The van der Waals surface area contributed by atoms with Crippen LogP contribution in [0.4, 0.5) is 0 Å². The van der Waals surface area contributed by atoms with Crippen LogP contribution in [0.3, 0.4) is 0 Å². The lowest BCUT2D eigenvalue weighted by atomic mass is 9.62. The first-order chi connectivity index (χ1) is 7.48. The van der Waals surface area contributed by atoms with Crippen LogP contribution in [-0.2, 0) is 4.74 Å². The molecule has 16 heavy (non-hydrogen) atoms. The first-order valence-electron chi connectivity index (χ1n) is 7.14. The Labute approximate surface area is 97.9 Å². The van der Waals surface area contributed by atoms with Crippen LogP contribution in [0.15, 0.2) is 0 Å². The molecule has 88 valence electrons. The van der Waals surface area contributed by atoms with Crippen molar-refractivity contribution in [3.8, 4) is 0 Å². The summed E-state index contributed by atoms with van der Waals surface area (Å²) in [5.41, 5.74) is 1.86. The van der Waals surface area contributed by atoms with E-state index in [9.17, 15) is 0 Å². The van der Waals surface area contributed by atoms with Gasteiger partial charge in [-0.25, -0.2) is 0 Å². The molecule has 1 aliphatic heterocycles. The van der Waals surface area contributed by atoms with Gasteiger partial charge in [0, 0.05) is 5.41 Å². The Balaban J connectivity index is 1.81. The molecule has 0 radical (unpaired) electrons. The monoisotopic (exact) mass is 218 g/mol. The maximum absolute atomic E-state index is 6.07. The van der Waals surface area contributed by atoms with E-state index in [1.807, 2.05) is 0 Å². The first kappa shape index (κ1) is 8.97. The Morgan fingerprint density at radius 3 is 2.62 bits per heavy atom. The van der Waals surface area contributed by atoms with E-state index < -0.39 is 0 Å². The summed E-state index contributed by atoms with van der Waals surface area (Å²) in [6, 6.07) is 0. The number of hydrogen-bond donors (Lipinski definition) is 0. The number of hydrogen-bond acceptors (Lipinski definition) is 1. The molecule has 1 heteroatoms. The van der Waals surface area contributed by atoms with Crippen LogP contribution >= 0.6 is 0 Å². The summed E-state index contributed by atoms with van der Waals surface area (Å²) in [6.45, 7) is 10.3. The molecule has 0 bridgehead atoms. The highest BCUT2D eigenvalue weighted by atomic mass is 16.6. The van der Waals surface area contributed by atoms with E-state index in [4.69, 9.17) is 4.74 Å². The van der Waals surface area contributed by atoms with E-state index >= 15 is 0 Å². The van der Waals surface area contributed by atoms with Crippen LogP contribution < -0.4 is 0 Å². The molecule has 1 heterocycles. The number of epoxide rings is 1. The first-order valence-corrected chi connectivity index (χ1v) is 7.14. The molecule has 4 unspecified atom stereocenters. The van der Waals surface area contributed by atoms with Gasteiger partial charge in [-0.1, -0.05) is 27.7 Å². The fourth-order valence-corrected chi connectivity index (χ4v) is 7.79. The van der Waals surface area contributed by atoms with Gasteiger partial charge in [0.1, 0.15) is 0 Å². The van der Waals surface area contributed by atoms with E-state index in [1.165, 1.54) is 12.8 Å². The average molecular weight is 218 g/mol. The highest BCUT2D eigenvalue weighted by Gasteiger charge is 2.97. The molecule has 8 atom stereocenters. The Morgan fingerprint density at radius 1 is 1.12 bits per heavy atom. The van der Waals surface area contributed by atoms with Crippen molar-refractivity contribution in [2.24, 2.45) is 39.9 Å². The third-order valence-corrected chi connectivity index (χ3v) is 7.85. The standard InChI is InChI=1S/C15H22O/c1-7-5-6-8-13(2,3)11-9-10-12(16-10)15(7,8)14(9,11)4/h7-12H,5-6H2,1-4H3/t7?,8-,9?,10+,11?,12+,14-,15?/m0/s1. The summed E-state index contributed by atoms with van der Waals surface area (Å²) in [4.78, 5) is 0. The van der Waals surface area contributed by atoms with Gasteiger partial charge in [-0.15, -0.1) is 0 Å². The minimum absolute atomic E-state index is 0.594. The van der Waals surface area contributed by atoms with E-state index in [1.54, 1.807) is 0 Å². The highest BCUT2D eigenvalue weighted by molar-refractivity contribution is 5.43. The molecule has 4 saturated carbocycles. The van der Waals surface area contributed by atoms with Crippen LogP contribution in [0.25, 0.3) is 0 Å². The van der Waals surface area contributed by atoms with Gasteiger partial charge in [0.2, 0.25) is 0 Å². The summed E-state index contributed by atoms with van der Waals surface area (Å²) < 4.78 is 6.07. The molecular weight excluding hydrogens is 196 g/mol. The van der Waals surface area contributed by atoms with Gasteiger partial charge in [-0.3, -0.25) is 0 Å². The lowest BCUT2D eigenvalue weighted by Crippen LogP contribution is -2.41. The fraction of sp³-hybridized carbons (Fsp3) is 1.00. The molecule has 0 aromatic carbocycles. The Hall–Kier alpha value is -0.0400. The van der Waals surface area contributed by atoms with Gasteiger partial charge >= 0.3 is 0 Å². The molecular formula is C15H22O. The van der Waals surface area contributed by atoms with Gasteiger partial charge in [-0.2, -0.15) is 0 Å². The second-order valence-electron chi connectivity index (χ2n) is 8.09. The second kappa shape index (κ2) is 1.92. The summed E-state index contributed by atoms with van der Waals surface area (Å²) in [6.07, 6.45) is 4.28. The van der Waals surface area contributed by atoms with Gasteiger partial charge in [-0.05, 0) is 47.3 Å². The van der Waals surface area contributed by atoms with Gasteiger partial charge in [0.05, 0.1) is 12.2 Å². The zero-order valence-electron chi connectivity index (χ0n) is 10.8. The van der Waals surface area contributed by atoms with E-state index in [2.05, 4.69) is 27.7 Å². The molecule has 1 nitrogen and oxygen atoms in total. The molecule has 0 N–H and O–H groups in total. The van der Waals surface area contributed by atoms with Crippen molar-refractivity contribution in [2.75, 3.05) is 0 Å². The van der Waals surface area contributed by atoms with Crippen molar-refractivity contribution >= 4 is 0 Å². The Morgan fingerprint density at radius 2 is 1.88 bits per heavy atom. The molecule has 0 aromatic heterocycles. The van der Waals surface area contributed by atoms with Crippen molar-refractivity contribution in [3.63, 3.8) is 0 Å². The quantitative estimate of drug-likeness (QED) is 0.569. The van der Waals surface area contributed by atoms with E-state index in [-0.39, 0.29) is 0 Å². The van der Waals surface area contributed by atoms with Crippen molar-refractivity contribution in [1.82, 2.24) is 0 Å². The van der Waals surface area contributed by atoms with Gasteiger partial charge in [0.25, 0.3) is 0 Å². The van der Waals surface area contributed by atoms with E-state index in [0.717, 1.165) is 23.7 Å². The zero-order valence-corrected chi connectivity index (χ0v) is 10.8. The summed E-state index contributed by atoms with van der Waals surface area (Å²) in [7, 11) is 0. The van der Waals surface area contributed by atoms with Crippen LogP contribution in [0.5, 0.6) is 0 Å². The van der Waals surface area contributed by atoms with E-state index in [0.29, 0.717) is 28.5 Å². The average Bonchev–Trinajstić information content (AvgIpc) is 3.01. The zero-order chi connectivity index (χ0) is 11.1. The predicted octanol–water partition coefficient (Wildman–Crippen LogP) is 3.09. The third kappa shape index (κ3) is 0.508. The predicted molar refractivity (Wildman–Crippen MR) is 61.9 cm³/mol. The fourth-order valence-electron chi connectivity index (χ4n) is 7.79. The summed E-state index contributed by atoms with van der Waals surface area (Å²) >= 11 is 0. The number of rotatable bonds is 0. The molecule has 1 saturated heterocycles.